The van der Waals surface area contributed by atoms with Gasteiger partial charge in [0.25, 0.3) is 0 Å². The molecule has 0 bridgehead atoms. The monoisotopic (exact) mass is 432 g/mol. The SMILES string of the molecule is CCC(N1CCc2cc(OC)c(OC)cc2C1)N(C)C(C)Cc1ccc2ccccc2c1. The van der Waals surface area contributed by atoms with E-state index in [1.807, 2.05) is 0 Å². The van der Waals surface area contributed by atoms with Crippen LogP contribution in [-0.2, 0) is 19.4 Å². The highest BCUT2D eigenvalue weighted by Crippen LogP contribution is 2.34. The van der Waals surface area contributed by atoms with E-state index in [9.17, 15) is 0 Å². The molecule has 4 heteroatoms. The highest BCUT2D eigenvalue weighted by molar-refractivity contribution is 5.83. The van der Waals surface area contributed by atoms with Crippen LogP contribution >= 0.6 is 0 Å². The van der Waals surface area contributed by atoms with Crippen LogP contribution in [-0.4, -0.2) is 49.8 Å². The predicted molar refractivity (Wildman–Crippen MR) is 133 cm³/mol. The maximum atomic E-state index is 5.55. The van der Waals surface area contributed by atoms with Gasteiger partial charge in [0.15, 0.2) is 11.5 Å². The molecule has 2 unspecified atom stereocenters. The predicted octanol–water partition coefficient (Wildman–Crippen LogP) is 5.51. The number of nitrogens with zero attached hydrogens (tertiary/aromatic N) is 2. The minimum absolute atomic E-state index is 0.409. The minimum Gasteiger partial charge on any atom is -0.493 e. The zero-order valence-electron chi connectivity index (χ0n) is 20.1. The maximum Gasteiger partial charge on any atom is 0.161 e. The maximum absolute atomic E-state index is 5.55. The van der Waals surface area contributed by atoms with Crippen LogP contribution in [0.1, 0.15) is 37.0 Å². The van der Waals surface area contributed by atoms with Gasteiger partial charge in [-0.3, -0.25) is 9.80 Å². The standard InChI is InChI=1S/C28H36N2O2/c1-6-28(30-14-13-24-17-26(31-4)27(32-5)18-25(24)19-30)29(3)20(2)15-21-11-12-22-9-7-8-10-23(22)16-21/h7-12,16-18,20,28H,6,13-15,19H2,1-5H3. The van der Waals surface area contributed by atoms with Crippen LogP contribution in [0, 0.1) is 0 Å². The van der Waals surface area contributed by atoms with Crippen molar-refractivity contribution in [3.05, 3.63) is 71.3 Å². The molecular formula is C28H36N2O2. The normalized spacial score (nSPS) is 16.1. The summed E-state index contributed by atoms with van der Waals surface area (Å²) < 4.78 is 11.1. The number of hydrogen-bond acceptors (Lipinski definition) is 4. The van der Waals surface area contributed by atoms with Crippen molar-refractivity contribution in [3.8, 4) is 11.5 Å². The van der Waals surface area contributed by atoms with Crippen LogP contribution in [0.2, 0.25) is 0 Å². The van der Waals surface area contributed by atoms with Crippen LogP contribution < -0.4 is 9.47 Å². The summed E-state index contributed by atoms with van der Waals surface area (Å²) >= 11 is 0. The van der Waals surface area contributed by atoms with Gasteiger partial charge in [0.2, 0.25) is 0 Å². The van der Waals surface area contributed by atoms with Crippen molar-refractivity contribution in [2.75, 3.05) is 27.8 Å². The first kappa shape index (κ1) is 22.6. The van der Waals surface area contributed by atoms with Gasteiger partial charge in [0, 0.05) is 19.1 Å². The lowest BCUT2D eigenvalue weighted by molar-refractivity contribution is 0.0238. The largest absolute Gasteiger partial charge is 0.493 e. The molecule has 0 radical (unpaired) electrons. The second kappa shape index (κ2) is 9.93. The second-order valence-corrected chi connectivity index (χ2v) is 8.99. The molecule has 0 N–H and O–H groups in total. The molecule has 3 aromatic carbocycles. The molecule has 1 aliphatic heterocycles. The topological polar surface area (TPSA) is 24.9 Å². The van der Waals surface area contributed by atoms with E-state index in [0.717, 1.165) is 43.9 Å². The van der Waals surface area contributed by atoms with E-state index in [-0.39, 0.29) is 0 Å². The lowest BCUT2D eigenvalue weighted by atomic mass is 9.97. The molecule has 2 atom stereocenters. The van der Waals surface area contributed by atoms with Crippen molar-refractivity contribution in [1.82, 2.24) is 9.80 Å². The lowest BCUT2D eigenvalue weighted by Crippen LogP contribution is -2.51. The molecular weight excluding hydrogens is 396 g/mol. The summed E-state index contributed by atoms with van der Waals surface area (Å²) in [7, 11) is 5.70. The number of methoxy groups -OCH3 is 2. The van der Waals surface area contributed by atoms with Crippen LogP contribution in [0.25, 0.3) is 10.8 Å². The Bertz CT molecular complexity index is 1060. The van der Waals surface area contributed by atoms with Gasteiger partial charge < -0.3 is 9.47 Å². The van der Waals surface area contributed by atoms with E-state index >= 15 is 0 Å². The number of likely N-dealkylation sites (N-methyl/N-ethyl adjacent to an activating group) is 1. The molecule has 0 saturated heterocycles. The van der Waals surface area contributed by atoms with Crippen molar-refractivity contribution in [3.63, 3.8) is 0 Å². The summed E-state index contributed by atoms with van der Waals surface area (Å²) in [6.45, 7) is 6.66. The third-order valence-electron chi connectivity index (χ3n) is 7.04. The molecule has 0 saturated carbocycles. The molecule has 170 valence electrons. The van der Waals surface area contributed by atoms with Gasteiger partial charge in [-0.15, -0.1) is 0 Å². The Labute approximate surface area is 192 Å². The molecule has 1 heterocycles. The summed E-state index contributed by atoms with van der Waals surface area (Å²) in [5.41, 5.74) is 4.13. The van der Waals surface area contributed by atoms with Gasteiger partial charge >= 0.3 is 0 Å². The number of benzene rings is 3. The number of ether oxygens (including phenoxy) is 2. The van der Waals surface area contributed by atoms with Gasteiger partial charge in [-0.1, -0.05) is 49.4 Å². The number of fused-ring (bicyclic) bond motifs is 2. The Morgan fingerprint density at radius 3 is 2.31 bits per heavy atom. The smallest absolute Gasteiger partial charge is 0.161 e. The van der Waals surface area contributed by atoms with Crippen molar-refractivity contribution in [2.45, 2.75) is 51.9 Å². The van der Waals surface area contributed by atoms with E-state index in [0.29, 0.717) is 12.2 Å². The van der Waals surface area contributed by atoms with E-state index in [1.54, 1.807) is 14.2 Å². The van der Waals surface area contributed by atoms with Gasteiger partial charge in [-0.2, -0.15) is 0 Å². The fourth-order valence-electron chi connectivity index (χ4n) is 5.11. The van der Waals surface area contributed by atoms with Gasteiger partial charge in [-0.25, -0.2) is 0 Å². The zero-order chi connectivity index (χ0) is 22.7. The quantitative estimate of drug-likeness (QED) is 0.468. The average molecular weight is 433 g/mol. The van der Waals surface area contributed by atoms with E-state index in [2.05, 4.69) is 85.3 Å². The van der Waals surface area contributed by atoms with E-state index in [4.69, 9.17) is 9.47 Å². The number of hydrogen-bond donors (Lipinski definition) is 0. The van der Waals surface area contributed by atoms with Crippen molar-refractivity contribution >= 4 is 10.8 Å². The fraction of sp³-hybridized carbons (Fsp3) is 0.429. The Hall–Kier alpha value is -2.56. The first-order valence-electron chi connectivity index (χ1n) is 11.7. The third-order valence-corrected chi connectivity index (χ3v) is 7.04. The molecule has 4 nitrogen and oxygen atoms in total. The molecule has 0 fully saturated rings. The molecule has 3 aromatic rings. The molecule has 0 spiro atoms. The second-order valence-electron chi connectivity index (χ2n) is 8.99. The molecule has 4 rings (SSSR count). The Kier molecular flexibility index (Phi) is 7.02. The summed E-state index contributed by atoms with van der Waals surface area (Å²) in [5.74, 6) is 1.65. The summed E-state index contributed by atoms with van der Waals surface area (Å²) in [6.07, 6.45) is 3.60. The first-order valence-corrected chi connectivity index (χ1v) is 11.7. The minimum atomic E-state index is 0.409. The number of rotatable bonds is 8. The van der Waals surface area contributed by atoms with Gasteiger partial charge in [-0.05, 0) is 72.8 Å². The molecule has 0 aliphatic carbocycles. The van der Waals surface area contributed by atoms with E-state index < -0.39 is 0 Å². The van der Waals surface area contributed by atoms with Crippen molar-refractivity contribution < 1.29 is 9.47 Å². The van der Waals surface area contributed by atoms with Gasteiger partial charge in [0.1, 0.15) is 0 Å². The summed E-state index contributed by atoms with van der Waals surface area (Å²) in [6, 6.07) is 20.2. The molecule has 1 aliphatic rings. The highest BCUT2D eigenvalue weighted by atomic mass is 16.5. The Morgan fingerprint density at radius 2 is 1.62 bits per heavy atom. The Balaban J connectivity index is 1.47. The fourth-order valence-corrected chi connectivity index (χ4v) is 5.11. The van der Waals surface area contributed by atoms with Crippen LogP contribution in [0.4, 0.5) is 0 Å². The first-order chi connectivity index (χ1) is 15.5. The van der Waals surface area contributed by atoms with Crippen molar-refractivity contribution in [2.24, 2.45) is 0 Å². The van der Waals surface area contributed by atoms with Crippen LogP contribution in [0.15, 0.2) is 54.6 Å². The third kappa shape index (κ3) is 4.62. The van der Waals surface area contributed by atoms with Crippen LogP contribution in [0.3, 0.4) is 0 Å². The zero-order valence-corrected chi connectivity index (χ0v) is 20.1. The summed E-state index contributed by atoms with van der Waals surface area (Å²) in [4.78, 5) is 5.17. The Morgan fingerprint density at radius 1 is 0.938 bits per heavy atom. The average Bonchev–Trinajstić information content (AvgIpc) is 2.83. The lowest BCUT2D eigenvalue weighted by Gasteiger charge is -2.42. The molecule has 0 aromatic heterocycles. The molecule has 0 amide bonds. The molecule has 32 heavy (non-hydrogen) atoms. The highest BCUT2D eigenvalue weighted by Gasteiger charge is 2.28. The van der Waals surface area contributed by atoms with Gasteiger partial charge in [0.05, 0.1) is 20.4 Å². The van der Waals surface area contributed by atoms with E-state index in [1.165, 1.54) is 27.5 Å². The summed E-state index contributed by atoms with van der Waals surface area (Å²) in [5, 5.41) is 2.63. The van der Waals surface area contributed by atoms with Crippen LogP contribution in [0.5, 0.6) is 11.5 Å². The van der Waals surface area contributed by atoms with Crippen molar-refractivity contribution in [1.29, 1.82) is 0 Å².